The van der Waals surface area contributed by atoms with Gasteiger partial charge in [-0.05, 0) is 35.5 Å². The van der Waals surface area contributed by atoms with Crippen LogP contribution in [0.4, 0.5) is 0 Å². The largest absolute Gasteiger partial charge is 0.454 e. The molecule has 3 aromatic rings. The van der Waals surface area contributed by atoms with Crippen molar-refractivity contribution in [1.29, 1.82) is 0 Å². The Balaban J connectivity index is 1.56. The number of piperazine rings is 1. The Hall–Kier alpha value is -3.02. The van der Waals surface area contributed by atoms with E-state index in [1.807, 2.05) is 18.2 Å². The molecule has 0 amide bonds. The van der Waals surface area contributed by atoms with Crippen molar-refractivity contribution in [3.63, 3.8) is 0 Å². The fraction of sp³-hybridized carbons (Fsp3) is 0.545. The minimum absolute atomic E-state index is 0.163. The number of pyridine rings is 1. The first-order chi connectivity index (χ1) is 16.2. The number of aromatic amines is 1. The van der Waals surface area contributed by atoms with Crippen LogP contribution in [0.1, 0.15) is 30.8 Å². The maximum absolute atomic E-state index is 13.3. The number of nitrogens with zero attached hydrogens (tertiary/aromatic N) is 6. The van der Waals surface area contributed by atoms with E-state index in [0.29, 0.717) is 41.6 Å². The Morgan fingerprint density at radius 2 is 1.91 bits per heavy atom. The van der Waals surface area contributed by atoms with Crippen LogP contribution in [-0.2, 0) is 11.3 Å². The Kier molecular flexibility index (Phi) is 6.25. The lowest BCUT2D eigenvalue weighted by atomic mass is 10.0. The Morgan fingerprint density at radius 1 is 1.12 bits per heavy atom. The molecule has 0 bridgehead atoms. The Morgan fingerprint density at radius 3 is 2.67 bits per heavy atom. The second-order valence-electron chi connectivity index (χ2n) is 8.38. The van der Waals surface area contributed by atoms with E-state index in [2.05, 4.69) is 37.2 Å². The summed E-state index contributed by atoms with van der Waals surface area (Å²) in [4.78, 5) is 21.1. The molecule has 0 radical (unpaired) electrons. The van der Waals surface area contributed by atoms with Gasteiger partial charge in [-0.15, -0.1) is 5.10 Å². The molecule has 5 rings (SSSR count). The van der Waals surface area contributed by atoms with Crippen molar-refractivity contribution in [2.75, 3.05) is 53.2 Å². The van der Waals surface area contributed by atoms with Crippen LogP contribution in [0.25, 0.3) is 10.9 Å². The summed E-state index contributed by atoms with van der Waals surface area (Å²) in [6.45, 7) is 7.96. The molecule has 1 N–H and O–H groups in total. The van der Waals surface area contributed by atoms with Crippen molar-refractivity contribution in [2.24, 2.45) is 0 Å². The minimum atomic E-state index is -0.376. The van der Waals surface area contributed by atoms with Gasteiger partial charge < -0.3 is 24.1 Å². The van der Waals surface area contributed by atoms with E-state index >= 15 is 0 Å². The van der Waals surface area contributed by atoms with E-state index in [4.69, 9.17) is 14.2 Å². The fourth-order valence-corrected chi connectivity index (χ4v) is 4.62. The normalized spacial score (nSPS) is 17.6. The van der Waals surface area contributed by atoms with Gasteiger partial charge in [0, 0.05) is 50.3 Å². The van der Waals surface area contributed by atoms with Crippen molar-refractivity contribution < 1.29 is 14.2 Å². The molecule has 11 nitrogen and oxygen atoms in total. The van der Waals surface area contributed by atoms with Gasteiger partial charge in [0.05, 0.1) is 18.7 Å². The molecule has 33 heavy (non-hydrogen) atoms. The standard InChI is InChI=1S/C22H29N7O4/c1-3-4-27-5-7-28(8-6-27)20(21-24-25-26-29(21)9-10-31-2)16-11-15-12-18-19(33-14-32-18)13-17(15)23-22(16)30/h11-13,20H,3-10,14H2,1-2H3,(H,23,30)/t20-/m1/s1. The highest BCUT2D eigenvalue weighted by molar-refractivity contribution is 5.83. The smallest absolute Gasteiger partial charge is 0.253 e. The van der Waals surface area contributed by atoms with Crippen LogP contribution in [0.15, 0.2) is 23.0 Å². The average molecular weight is 456 g/mol. The number of ether oxygens (including phenoxy) is 3. The van der Waals surface area contributed by atoms with Crippen LogP contribution < -0.4 is 15.0 Å². The van der Waals surface area contributed by atoms with Gasteiger partial charge in [-0.3, -0.25) is 9.69 Å². The van der Waals surface area contributed by atoms with E-state index in [9.17, 15) is 4.79 Å². The summed E-state index contributed by atoms with van der Waals surface area (Å²) in [5.74, 6) is 1.95. The highest BCUT2D eigenvalue weighted by Crippen LogP contribution is 2.36. The third-order valence-corrected chi connectivity index (χ3v) is 6.28. The Labute approximate surface area is 191 Å². The molecule has 1 aromatic carbocycles. The predicted octanol–water partition coefficient (Wildman–Crippen LogP) is 1.01. The number of methoxy groups -OCH3 is 1. The molecular weight excluding hydrogens is 426 g/mol. The highest BCUT2D eigenvalue weighted by atomic mass is 16.7. The van der Waals surface area contributed by atoms with Crippen molar-refractivity contribution in [3.05, 3.63) is 39.9 Å². The van der Waals surface area contributed by atoms with Crippen LogP contribution >= 0.6 is 0 Å². The molecule has 1 atom stereocenters. The van der Waals surface area contributed by atoms with Gasteiger partial charge in [-0.25, -0.2) is 4.68 Å². The molecule has 11 heteroatoms. The number of hydrogen-bond acceptors (Lipinski definition) is 9. The topological polar surface area (TPSA) is 111 Å². The Bertz CT molecular complexity index is 1170. The van der Waals surface area contributed by atoms with Gasteiger partial charge in [-0.2, -0.15) is 0 Å². The van der Waals surface area contributed by atoms with Gasteiger partial charge >= 0.3 is 0 Å². The summed E-state index contributed by atoms with van der Waals surface area (Å²) in [5.41, 5.74) is 1.15. The van der Waals surface area contributed by atoms with Crippen molar-refractivity contribution in [1.82, 2.24) is 35.0 Å². The predicted molar refractivity (Wildman–Crippen MR) is 121 cm³/mol. The van der Waals surface area contributed by atoms with Gasteiger partial charge in [-0.1, -0.05) is 6.92 Å². The number of tetrazole rings is 1. The van der Waals surface area contributed by atoms with E-state index in [1.165, 1.54) is 0 Å². The lowest BCUT2D eigenvalue weighted by Gasteiger charge is -2.38. The second-order valence-corrected chi connectivity index (χ2v) is 8.38. The lowest BCUT2D eigenvalue weighted by Crippen LogP contribution is -2.49. The van der Waals surface area contributed by atoms with E-state index in [0.717, 1.165) is 44.5 Å². The second kappa shape index (κ2) is 9.46. The van der Waals surface area contributed by atoms with Crippen molar-refractivity contribution in [2.45, 2.75) is 25.9 Å². The summed E-state index contributed by atoms with van der Waals surface area (Å²) >= 11 is 0. The van der Waals surface area contributed by atoms with Gasteiger partial charge in [0.25, 0.3) is 5.56 Å². The molecule has 0 unspecified atom stereocenters. The quantitative estimate of drug-likeness (QED) is 0.532. The summed E-state index contributed by atoms with van der Waals surface area (Å²) < 4.78 is 18.0. The zero-order valence-electron chi connectivity index (χ0n) is 19.0. The molecule has 0 spiro atoms. The van der Waals surface area contributed by atoms with Crippen LogP contribution in [-0.4, -0.2) is 88.2 Å². The molecule has 176 valence electrons. The number of hydrogen-bond donors (Lipinski definition) is 1. The summed E-state index contributed by atoms with van der Waals surface area (Å²) in [6.07, 6.45) is 1.12. The SMILES string of the molecule is CCCN1CCN([C@H](c2cc3cc4c(cc3[nH]c2=O)OCO4)c2nnnn2CCOC)CC1. The van der Waals surface area contributed by atoms with E-state index in [-0.39, 0.29) is 18.4 Å². The molecule has 1 fully saturated rings. The first kappa shape index (κ1) is 21.8. The van der Waals surface area contributed by atoms with Crippen molar-refractivity contribution >= 4 is 10.9 Å². The molecule has 0 saturated carbocycles. The third-order valence-electron chi connectivity index (χ3n) is 6.28. The summed E-state index contributed by atoms with van der Waals surface area (Å²) in [5, 5.41) is 13.3. The molecule has 2 aliphatic rings. The zero-order chi connectivity index (χ0) is 22.8. The maximum atomic E-state index is 13.3. The monoisotopic (exact) mass is 455 g/mol. The number of fused-ring (bicyclic) bond motifs is 2. The first-order valence-corrected chi connectivity index (χ1v) is 11.4. The summed E-state index contributed by atoms with van der Waals surface area (Å²) in [7, 11) is 1.65. The zero-order valence-corrected chi connectivity index (χ0v) is 19.0. The van der Waals surface area contributed by atoms with Gasteiger partial charge in [0.1, 0.15) is 6.04 Å². The number of H-pyrrole nitrogens is 1. The summed E-state index contributed by atoms with van der Waals surface area (Å²) in [6, 6.07) is 5.26. The van der Waals surface area contributed by atoms with Crippen LogP contribution in [0, 0.1) is 0 Å². The number of benzene rings is 1. The number of aromatic nitrogens is 5. The third kappa shape index (κ3) is 4.31. The van der Waals surface area contributed by atoms with Crippen LogP contribution in [0.5, 0.6) is 11.5 Å². The highest BCUT2D eigenvalue weighted by Gasteiger charge is 2.32. The molecule has 0 aliphatic carbocycles. The molecule has 2 aliphatic heterocycles. The molecule has 1 saturated heterocycles. The number of nitrogens with one attached hydrogen (secondary N) is 1. The minimum Gasteiger partial charge on any atom is -0.454 e. The number of rotatable bonds is 8. The van der Waals surface area contributed by atoms with Gasteiger partial charge in [0.15, 0.2) is 17.3 Å². The van der Waals surface area contributed by atoms with Gasteiger partial charge in [0.2, 0.25) is 6.79 Å². The van der Waals surface area contributed by atoms with Crippen molar-refractivity contribution in [3.8, 4) is 11.5 Å². The fourth-order valence-electron chi connectivity index (χ4n) is 4.62. The lowest BCUT2D eigenvalue weighted by molar-refractivity contribution is 0.103. The first-order valence-electron chi connectivity index (χ1n) is 11.4. The maximum Gasteiger partial charge on any atom is 0.253 e. The molecular formula is C22H29N7O4. The molecule has 2 aromatic heterocycles. The van der Waals surface area contributed by atoms with E-state index < -0.39 is 0 Å². The average Bonchev–Trinajstić information content (AvgIpc) is 3.47. The van der Waals surface area contributed by atoms with Crippen LogP contribution in [0.3, 0.4) is 0 Å². The van der Waals surface area contributed by atoms with E-state index in [1.54, 1.807) is 11.8 Å². The molecule has 4 heterocycles. The van der Waals surface area contributed by atoms with Crippen LogP contribution in [0.2, 0.25) is 0 Å².